The van der Waals surface area contributed by atoms with Crippen molar-refractivity contribution in [2.75, 3.05) is 13.2 Å². The third-order valence-corrected chi connectivity index (χ3v) is 4.37. The van der Waals surface area contributed by atoms with E-state index in [0.717, 1.165) is 29.3 Å². The van der Waals surface area contributed by atoms with Crippen LogP contribution in [0.2, 0.25) is 0 Å². The fourth-order valence-electron chi connectivity index (χ4n) is 2.59. The molecule has 1 N–H and O–H groups in total. The Kier molecular flexibility index (Phi) is 5.51. The molecule has 1 fully saturated rings. The second-order valence-corrected chi connectivity index (χ2v) is 5.96. The number of benzene rings is 1. The van der Waals surface area contributed by atoms with Crippen LogP contribution in [0.5, 0.6) is 5.75 Å². The molecule has 1 aliphatic carbocycles. The van der Waals surface area contributed by atoms with Crippen molar-refractivity contribution in [2.45, 2.75) is 38.6 Å². The standard InChI is InChI=1S/C15H22BrNO/c1-12-6-2-4-8-14(12)17-10-11-18-15-9-5-3-7-13(15)16/h3,5,7,9,12,14,17H,2,4,6,8,10-11H2,1H3. The van der Waals surface area contributed by atoms with Gasteiger partial charge in [0.1, 0.15) is 12.4 Å². The van der Waals surface area contributed by atoms with Crippen molar-refractivity contribution in [3.63, 3.8) is 0 Å². The van der Waals surface area contributed by atoms with E-state index in [2.05, 4.69) is 28.2 Å². The molecule has 2 rings (SSSR count). The minimum atomic E-state index is 0.682. The van der Waals surface area contributed by atoms with Gasteiger partial charge in [-0.15, -0.1) is 0 Å². The lowest BCUT2D eigenvalue weighted by Gasteiger charge is -2.29. The number of para-hydroxylation sites is 1. The molecule has 1 aliphatic rings. The SMILES string of the molecule is CC1CCCCC1NCCOc1ccccc1Br. The lowest BCUT2D eigenvalue weighted by Crippen LogP contribution is -2.39. The van der Waals surface area contributed by atoms with Crippen molar-refractivity contribution in [1.29, 1.82) is 0 Å². The second-order valence-electron chi connectivity index (χ2n) is 5.10. The van der Waals surface area contributed by atoms with Crippen molar-refractivity contribution in [1.82, 2.24) is 5.32 Å². The first kappa shape index (κ1) is 13.9. The number of nitrogens with one attached hydrogen (secondary N) is 1. The second kappa shape index (κ2) is 7.15. The average molecular weight is 312 g/mol. The number of hydrogen-bond donors (Lipinski definition) is 1. The summed E-state index contributed by atoms with van der Waals surface area (Å²) < 4.78 is 6.78. The Morgan fingerprint density at radius 1 is 1.28 bits per heavy atom. The van der Waals surface area contributed by atoms with E-state index in [-0.39, 0.29) is 0 Å². The molecule has 0 amide bonds. The molecule has 2 nitrogen and oxygen atoms in total. The summed E-state index contributed by atoms with van der Waals surface area (Å²) in [6.07, 6.45) is 5.44. The molecule has 2 atom stereocenters. The van der Waals surface area contributed by atoms with E-state index in [1.54, 1.807) is 0 Å². The molecule has 0 spiro atoms. The minimum Gasteiger partial charge on any atom is -0.491 e. The van der Waals surface area contributed by atoms with Crippen LogP contribution in [-0.2, 0) is 0 Å². The van der Waals surface area contributed by atoms with Crippen LogP contribution in [0.4, 0.5) is 0 Å². The highest BCUT2D eigenvalue weighted by molar-refractivity contribution is 9.10. The van der Waals surface area contributed by atoms with Crippen molar-refractivity contribution < 1.29 is 4.74 Å². The Morgan fingerprint density at radius 2 is 2.06 bits per heavy atom. The summed E-state index contributed by atoms with van der Waals surface area (Å²) in [5, 5.41) is 3.62. The molecule has 1 aromatic rings. The highest BCUT2D eigenvalue weighted by Crippen LogP contribution is 2.24. The highest BCUT2D eigenvalue weighted by Gasteiger charge is 2.20. The number of halogens is 1. The predicted octanol–water partition coefficient (Wildman–Crippen LogP) is 4.00. The van der Waals surface area contributed by atoms with Gasteiger partial charge in [-0.3, -0.25) is 0 Å². The monoisotopic (exact) mass is 311 g/mol. The normalized spacial score (nSPS) is 23.9. The van der Waals surface area contributed by atoms with Crippen LogP contribution in [0.15, 0.2) is 28.7 Å². The zero-order valence-electron chi connectivity index (χ0n) is 11.0. The van der Waals surface area contributed by atoms with Gasteiger partial charge in [-0.1, -0.05) is 31.9 Å². The molecule has 0 heterocycles. The predicted molar refractivity (Wildman–Crippen MR) is 79.1 cm³/mol. The summed E-state index contributed by atoms with van der Waals surface area (Å²) in [6.45, 7) is 4.01. The van der Waals surface area contributed by atoms with Crippen LogP contribution < -0.4 is 10.1 Å². The largest absolute Gasteiger partial charge is 0.491 e. The summed E-state index contributed by atoms with van der Waals surface area (Å²) in [5.74, 6) is 1.73. The maximum Gasteiger partial charge on any atom is 0.133 e. The Morgan fingerprint density at radius 3 is 2.83 bits per heavy atom. The first-order valence-corrected chi connectivity index (χ1v) is 7.67. The van der Waals surface area contributed by atoms with Gasteiger partial charge >= 0.3 is 0 Å². The highest BCUT2D eigenvalue weighted by atomic mass is 79.9. The lowest BCUT2D eigenvalue weighted by molar-refractivity contribution is 0.250. The molecule has 3 heteroatoms. The number of ether oxygens (including phenoxy) is 1. The van der Waals surface area contributed by atoms with E-state index < -0.39 is 0 Å². The van der Waals surface area contributed by atoms with E-state index >= 15 is 0 Å². The third-order valence-electron chi connectivity index (χ3n) is 3.71. The quantitative estimate of drug-likeness (QED) is 0.830. The first-order chi connectivity index (χ1) is 8.77. The molecule has 0 bridgehead atoms. The fourth-order valence-corrected chi connectivity index (χ4v) is 2.99. The Hall–Kier alpha value is -0.540. The van der Waals surface area contributed by atoms with Crippen molar-refractivity contribution in [2.24, 2.45) is 5.92 Å². The Bertz CT molecular complexity index is 369. The fraction of sp³-hybridized carbons (Fsp3) is 0.600. The zero-order valence-corrected chi connectivity index (χ0v) is 12.6. The maximum absolute atomic E-state index is 5.75. The van der Waals surface area contributed by atoms with E-state index in [9.17, 15) is 0 Å². The molecule has 0 saturated heterocycles. The maximum atomic E-state index is 5.75. The minimum absolute atomic E-state index is 0.682. The smallest absolute Gasteiger partial charge is 0.133 e. The van der Waals surface area contributed by atoms with Crippen LogP contribution in [0.25, 0.3) is 0 Å². The van der Waals surface area contributed by atoms with Crippen LogP contribution in [0, 0.1) is 5.92 Å². The van der Waals surface area contributed by atoms with Gasteiger partial charge in [0.25, 0.3) is 0 Å². The summed E-state index contributed by atoms with van der Waals surface area (Å²) in [7, 11) is 0. The van der Waals surface area contributed by atoms with Crippen LogP contribution in [0.1, 0.15) is 32.6 Å². The van der Waals surface area contributed by atoms with E-state index in [4.69, 9.17) is 4.74 Å². The summed E-state index contributed by atoms with van der Waals surface area (Å²) in [4.78, 5) is 0. The summed E-state index contributed by atoms with van der Waals surface area (Å²) in [5.41, 5.74) is 0. The van der Waals surface area contributed by atoms with Crippen molar-refractivity contribution in [3.8, 4) is 5.75 Å². The van der Waals surface area contributed by atoms with Gasteiger partial charge < -0.3 is 10.1 Å². The van der Waals surface area contributed by atoms with Gasteiger partial charge in [0.2, 0.25) is 0 Å². The van der Waals surface area contributed by atoms with Crippen LogP contribution in [-0.4, -0.2) is 19.2 Å². The summed E-state index contributed by atoms with van der Waals surface area (Å²) >= 11 is 3.49. The Labute approximate surface area is 118 Å². The molecule has 0 aliphatic heterocycles. The van der Waals surface area contributed by atoms with Gasteiger partial charge in [0, 0.05) is 12.6 Å². The molecule has 0 radical (unpaired) electrons. The zero-order chi connectivity index (χ0) is 12.8. The summed E-state index contributed by atoms with van der Waals surface area (Å²) in [6, 6.07) is 8.68. The first-order valence-electron chi connectivity index (χ1n) is 6.88. The third kappa shape index (κ3) is 3.99. The molecule has 2 unspecified atom stereocenters. The van der Waals surface area contributed by atoms with E-state index in [0.29, 0.717) is 6.04 Å². The van der Waals surface area contributed by atoms with Crippen molar-refractivity contribution >= 4 is 15.9 Å². The van der Waals surface area contributed by atoms with E-state index in [1.807, 2.05) is 24.3 Å². The number of rotatable bonds is 5. The molecular weight excluding hydrogens is 290 g/mol. The topological polar surface area (TPSA) is 21.3 Å². The molecule has 100 valence electrons. The van der Waals surface area contributed by atoms with Gasteiger partial charge in [0.05, 0.1) is 4.47 Å². The van der Waals surface area contributed by atoms with Crippen LogP contribution in [0.3, 0.4) is 0 Å². The van der Waals surface area contributed by atoms with E-state index in [1.165, 1.54) is 25.7 Å². The molecule has 1 saturated carbocycles. The van der Waals surface area contributed by atoms with Crippen molar-refractivity contribution in [3.05, 3.63) is 28.7 Å². The molecule has 0 aromatic heterocycles. The number of hydrogen-bond acceptors (Lipinski definition) is 2. The lowest BCUT2D eigenvalue weighted by atomic mass is 9.86. The Balaban J connectivity index is 1.68. The van der Waals surface area contributed by atoms with Crippen LogP contribution >= 0.6 is 15.9 Å². The van der Waals surface area contributed by atoms with Gasteiger partial charge in [-0.05, 0) is 46.8 Å². The molecule has 18 heavy (non-hydrogen) atoms. The molecule has 1 aromatic carbocycles. The average Bonchev–Trinajstić information content (AvgIpc) is 2.38. The molecular formula is C15H22BrNO. The van der Waals surface area contributed by atoms with Gasteiger partial charge in [-0.2, -0.15) is 0 Å². The van der Waals surface area contributed by atoms with Gasteiger partial charge in [0.15, 0.2) is 0 Å². The van der Waals surface area contributed by atoms with Gasteiger partial charge in [-0.25, -0.2) is 0 Å².